The number of rotatable bonds is 4. The quantitative estimate of drug-likeness (QED) is 0.484. The lowest BCUT2D eigenvalue weighted by Crippen LogP contribution is -2.31. The Balaban J connectivity index is 1.67. The van der Waals surface area contributed by atoms with Crippen LogP contribution < -0.4 is 20.5 Å². The molecule has 0 aromatic heterocycles. The minimum Gasteiger partial charge on any atom is -0.492 e. The predicted octanol–water partition coefficient (Wildman–Crippen LogP) is 2.21. The van der Waals surface area contributed by atoms with E-state index in [0.717, 1.165) is 19.3 Å². The zero-order valence-electron chi connectivity index (χ0n) is 12.8. The first-order valence-electron chi connectivity index (χ1n) is 7.51. The highest BCUT2D eigenvalue weighted by Gasteiger charge is 2.28. The molecule has 0 spiro atoms. The minimum absolute atomic E-state index is 0.0104. The second kappa shape index (κ2) is 6.38. The number of amidine groups is 1. The van der Waals surface area contributed by atoms with Crippen LogP contribution in [0.25, 0.3) is 0 Å². The van der Waals surface area contributed by atoms with E-state index in [0.29, 0.717) is 23.6 Å². The molecule has 1 aromatic carbocycles. The predicted molar refractivity (Wildman–Crippen MR) is 91.4 cm³/mol. The van der Waals surface area contributed by atoms with Crippen LogP contribution in [0.3, 0.4) is 0 Å². The summed E-state index contributed by atoms with van der Waals surface area (Å²) < 4.78 is 31.4. The molecule has 2 unspecified atom stereocenters. The Morgan fingerprint density at radius 3 is 3.00 bits per heavy atom. The summed E-state index contributed by atoms with van der Waals surface area (Å²) in [5.74, 6) is 0.759. The third-order valence-electron chi connectivity index (χ3n) is 4.10. The average molecular weight is 356 g/mol. The number of hydrogen-bond acceptors (Lipinski definition) is 7. The maximum Gasteiger partial charge on any atom is 0.404 e. The summed E-state index contributed by atoms with van der Waals surface area (Å²) in [6.45, 7) is 0.428. The third-order valence-corrected chi connectivity index (χ3v) is 5.04. The highest BCUT2D eigenvalue weighted by atomic mass is 32.3. The summed E-state index contributed by atoms with van der Waals surface area (Å²) in [6, 6.07) is 5.09. The van der Waals surface area contributed by atoms with E-state index in [-0.39, 0.29) is 17.8 Å². The summed E-state index contributed by atoms with van der Waals surface area (Å²) in [5.41, 5.74) is 6.80. The zero-order chi connectivity index (χ0) is 17.3. The van der Waals surface area contributed by atoms with Crippen LogP contribution in [-0.2, 0) is 0 Å². The molecule has 0 saturated heterocycles. The Kier molecular flexibility index (Phi) is 4.43. The second-order valence-corrected chi connectivity index (χ2v) is 7.34. The minimum atomic E-state index is -3.32. The Hall–Kier alpha value is -2.17. The van der Waals surface area contributed by atoms with Gasteiger partial charge in [-0.15, -0.1) is 4.40 Å². The maximum atomic E-state index is 10.7. The van der Waals surface area contributed by atoms with Gasteiger partial charge in [0.2, 0.25) is 0 Å². The van der Waals surface area contributed by atoms with Crippen LogP contribution in [0.15, 0.2) is 22.6 Å². The number of hydrogen-bond donors (Lipinski definition) is 6. The van der Waals surface area contributed by atoms with Crippen molar-refractivity contribution in [2.45, 2.75) is 25.3 Å². The molecular formula is C14H20N4O5S. The Bertz CT molecular complexity index is 681. The van der Waals surface area contributed by atoms with Gasteiger partial charge in [-0.1, -0.05) is 6.07 Å². The van der Waals surface area contributed by atoms with Crippen molar-refractivity contribution in [2.75, 3.05) is 11.3 Å². The van der Waals surface area contributed by atoms with Gasteiger partial charge in [0.15, 0.2) is 5.84 Å². The lowest BCUT2D eigenvalue weighted by molar-refractivity contribution is 0.189. The van der Waals surface area contributed by atoms with Gasteiger partial charge in [-0.2, -0.15) is 0 Å². The van der Waals surface area contributed by atoms with Crippen molar-refractivity contribution < 1.29 is 23.7 Å². The van der Waals surface area contributed by atoms with E-state index in [1.54, 1.807) is 18.2 Å². The average Bonchev–Trinajstić information content (AvgIpc) is 2.90. The van der Waals surface area contributed by atoms with Gasteiger partial charge >= 0.3 is 6.09 Å². The van der Waals surface area contributed by atoms with Crippen LogP contribution in [0, 0.1) is 5.92 Å². The number of benzene rings is 1. The first kappa shape index (κ1) is 16.7. The number of amides is 1. The van der Waals surface area contributed by atoms with Gasteiger partial charge in [0.1, 0.15) is 5.75 Å². The van der Waals surface area contributed by atoms with Gasteiger partial charge in [0.05, 0.1) is 17.9 Å². The number of anilines is 1. The number of fused-ring (bicyclic) bond motifs is 1. The molecule has 7 N–H and O–H groups in total. The van der Waals surface area contributed by atoms with Crippen LogP contribution in [0.4, 0.5) is 10.5 Å². The van der Waals surface area contributed by atoms with E-state index in [4.69, 9.17) is 15.6 Å². The van der Waals surface area contributed by atoms with Gasteiger partial charge in [0.25, 0.3) is 0 Å². The number of carbonyl (C=O) groups is 1. The highest BCUT2D eigenvalue weighted by Crippen LogP contribution is 2.46. The fourth-order valence-electron chi connectivity index (χ4n) is 3.09. The van der Waals surface area contributed by atoms with E-state index in [2.05, 4.69) is 14.4 Å². The number of nitrogens with two attached hydrogens (primary N) is 1. The summed E-state index contributed by atoms with van der Waals surface area (Å²) in [5, 5.41) is 11.3. The highest BCUT2D eigenvalue weighted by molar-refractivity contribution is 8.24. The van der Waals surface area contributed by atoms with Gasteiger partial charge in [0, 0.05) is 6.04 Å². The van der Waals surface area contributed by atoms with Crippen molar-refractivity contribution in [3.05, 3.63) is 23.8 Å². The molecule has 0 bridgehead atoms. The van der Waals surface area contributed by atoms with E-state index < -0.39 is 17.1 Å². The number of ether oxygens (including phenoxy) is 1. The summed E-state index contributed by atoms with van der Waals surface area (Å²) in [4.78, 5) is 10.7. The molecule has 2 atom stereocenters. The van der Waals surface area contributed by atoms with E-state index in [1.807, 2.05) is 0 Å². The zero-order valence-corrected chi connectivity index (χ0v) is 13.6. The molecule has 132 valence electrons. The number of nitrogens with one attached hydrogen (secondary N) is 2. The van der Waals surface area contributed by atoms with E-state index in [1.165, 1.54) is 0 Å². The monoisotopic (exact) mass is 356 g/mol. The molecule has 1 fully saturated rings. The largest absolute Gasteiger partial charge is 0.492 e. The van der Waals surface area contributed by atoms with Gasteiger partial charge in [-0.3, -0.25) is 13.8 Å². The SMILES string of the molecule is NC1=NS(O)(O)Nc2cccc(OCC3CCC(NC(=O)O)C3)c21. The van der Waals surface area contributed by atoms with Crippen molar-refractivity contribution in [2.24, 2.45) is 16.0 Å². The van der Waals surface area contributed by atoms with Crippen molar-refractivity contribution in [3.8, 4) is 5.75 Å². The topological polar surface area (TPSA) is 149 Å². The molecule has 3 rings (SSSR count). The summed E-state index contributed by atoms with van der Waals surface area (Å²) in [7, 11) is -3.32. The molecule has 0 radical (unpaired) electrons. The lowest BCUT2D eigenvalue weighted by atomic mass is 10.1. The maximum absolute atomic E-state index is 10.7. The fourth-order valence-corrected chi connectivity index (χ4v) is 3.97. The number of carboxylic acid groups (broad SMARTS) is 1. The molecule has 1 heterocycles. The molecule has 10 heteroatoms. The Morgan fingerprint density at radius 1 is 1.46 bits per heavy atom. The second-order valence-electron chi connectivity index (χ2n) is 5.91. The van der Waals surface area contributed by atoms with E-state index >= 15 is 0 Å². The Labute approximate surface area is 140 Å². The van der Waals surface area contributed by atoms with Crippen molar-refractivity contribution in [1.82, 2.24) is 5.32 Å². The van der Waals surface area contributed by atoms with Crippen LogP contribution in [0.2, 0.25) is 0 Å². The van der Waals surface area contributed by atoms with Crippen molar-refractivity contribution >= 4 is 28.6 Å². The molecule has 1 amide bonds. The molecule has 1 aliphatic heterocycles. The fraction of sp³-hybridized carbons (Fsp3) is 0.429. The van der Waals surface area contributed by atoms with Crippen LogP contribution in [0.5, 0.6) is 5.75 Å². The molecule has 1 aromatic rings. The van der Waals surface area contributed by atoms with Crippen molar-refractivity contribution in [1.29, 1.82) is 0 Å². The molecule has 1 saturated carbocycles. The Morgan fingerprint density at radius 2 is 2.25 bits per heavy atom. The summed E-state index contributed by atoms with van der Waals surface area (Å²) in [6.07, 6.45) is 1.39. The smallest absolute Gasteiger partial charge is 0.404 e. The van der Waals surface area contributed by atoms with Gasteiger partial charge < -0.3 is 20.9 Å². The normalized spacial score (nSPS) is 25.8. The van der Waals surface area contributed by atoms with Crippen LogP contribution >= 0.6 is 11.0 Å². The third kappa shape index (κ3) is 3.66. The van der Waals surface area contributed by atoms with E-state index in [9.17, 15) is 13.9 Å². The van der Waals surface area contributed by atoms with Gasteiger partial charge in [-0.25, -0.2) is 4.79 Å². The molecule has 24 heavy (non-hydrogen) atoms. The lowest BCUT2D eigenvalue weighted by Gasteiger charge is -2.33. The molecule has 2 aliphatic rings. The first-order chi connectivity index (χ1) is 11.3. The van der Waals surface area contributed by atoms with Gasteiger partial charge in [-0.05, 0) is 48.3 Å². The standard InChI is InChI=1S/C14H20N4O5S/c15-13-12-10(17-24(21,22)18-13)2-1-3-11(12)23-7-8-4-5-9(6-8)16-14(19)20/h1-3,8-9,16-17,21-22H,4-7H2,(H2,15,18)(H,19,20). The van der Waals surface area contributed by atoms with Crippen LogP contribution in [0.1, 0.15) is 24.8 Å². The first-order valence-corrected chi connectivity index (χ1v) is 9.01. The number of nitrogens with zero attached hydrogens (tertiary/aromatic N) is 1. The van der Waals surface area contributed by atoms with Crippen LogP contribution in [-0.4, -0.2) is 38.8 Å². The summed E-state index contributed by atoms with van der Waals surface area (Å²) >= 11 is 0. The molecule has 1 aliphatic carbocycles. The van der Waals surface area contributed by atoms with Crippen molar-refractivity contribution in [3.63, 3.8) is 0 Å². The molecular weight excluding hydrogens is 336 g/mol. The molecule has 9 nitrogen and oxygen atoms in total.